The summed E-state index contributed by atoms with van der Waals surface area (Å²) in [6.45, 7) is 0. The summed E-state index contributed by atoms with van der Waals surface area (Å²) in [6.07, 6.45) is -4.58. The Balaban J connectivity index is 2.57. The molecule has 0 N–H and O–H groups in total. The molecule has 0 amide bonds. The van der Waals surface area contributed by atoms with E-state index >= 15 is 0 Å². The molecule has 1 aromatic heterocycles. The van der Waals surface area contributed by atoms with Crippen molar-refractivity contribution in [1.29, 1.82) is 5.26 Å². The lowest BCUT2D eigenvalue weighted by Crippen LogP contribution is -2.07. The van der Waals surface area contributed by atoms with Crippen LogP contribution in [-0.2, 0) is 11.9 Å². The van der Waals surface area contributed by atoms with Crippen molar-refractivity contribution in [3.05, 3.63) is 11.7 Å². The maximum Gasteiger partial charge on any atom is 0.455 e. The van der Waals surface area contributed by atoms with E-state index in [0.29, 0.717) is 0 Å². The number of alkyl halides is 3. The largest absolute Gasteiger partial charge is 0.455 e. The van der Waals surface area contributed by atoms with Gasteiger partial charge in [-0.15, -0.1) is 11.8 Å². The second-order valence-electron chi connectivity index (χ2n) is 2.16. The molecule has 4 nitrogen and oxygen atoms in total. The molecule has 1 rings (SSSR count). The molecule has 0 spiro atoms. The first kappa shape index (κ1) is 10.8. The third kappa shape index (κ3) is 2.92. The van der Waals surface area contributed by atoms with Gasteiger partial charge in [0.05, 0.1) is 17.6 Å². The summed E-state index contributed by atoms with van der Waals surface area (Å²) >= 11 is 1.11. The summed E-state index contributed by atoms with van der Waals surface area (Å²) in [5.74, 6) is -1.14. The van der Waals surface area contributed by atoms with Crippen LogP contribution in [0.3, 0.4) is 0 Å². The summed E-state index contributed by atoms with van der Waals surface area (Å²) < 4.78 is 40.2. The normalized spacial score (nSPS) is 11.3. The summed E-state index contributed by atoms with van der Waals surface area (Å²) in [5, 5.41) is 10.9. The van der Waals surface area contributed by atoms with Gasteiger partial charge in [0.15, 0.2) is 0 Å². The molecule has 0 saturated carbocycles. The van der Waals surface area contributed by atoms with Gasteiger partial charge in [-0.2, -0.15) is 23.4 Å². The lowest BCUT2D eigenvalue weighted by atomic mass is 10.6. The minimum absolute atomic E-state index is 0.108. The van der Waals surface area contributed by atoms with Gasteiger partial charge in [-0.3, -0.25) is 0 Å². The zero-order valence-corrected chi connectivity index (χ0v) is 7.52. The van der Waals surface area contributed by atoms with Gasteiger partial charge < -0.3 is 4.52 Å². The molecule has 0 fully saturated rings. The maximum absolute atomic E-state index is 11.9. The fourth-order valence-corrected chi connectivity index (χ4v) is 1.10. The second-order valence-corrected chi connectivity index (χ2v) is 3.15. The Morgan fingerprint density at radius 1 is 1.50 bits per heavy atom. The predicted molar refractivity (Wildman–Crippen MR) is 41.1 cm³/mol. The van der Waals surface area contributed by atoms with E-state index in [-0.39, 0.29) is 17.4 Å². The van der Waals surface area contributed by atoms with Crippen molar-refractivity contribution in [1.82, 2.24) is 10.1 Å². The number of nitriles is 1. The number of aromatic nitrogens is 2. The van der Waals surface area contributed by atoms with Gasteiger partial charge in [0.1, 0.15) is 0 Å². The molecule has 76 valence electrons. The molecule has 1 heterocycles. The maximum atomic E-state index is 11.9. The Kier molecular flexibility index (Phi) is 3.35. The minimum Gasteiger partial charge on any atom is -0.338 e. The summed E-state index contributed by atoms with van der Waals surface area (Å²) in [5.41, 5.74) is 0. The number of halogens is 3. The van der Waals surface area contributed by atoms with Crippen molar-refractivity contribution >= 4 is 11.8 Å². The van der Waals surface area contributed by atoms with Crippen molar-refractivity contribution < 1.29 is 17.7 Å². The standard InChI is InChI=1S/C6H4F3N3OS/c7-6(8,9)5-11-4(13-12-5)3-14-2-1-10/h2-3H2. The average molecular weight is 223 g/mol. The van der Waals surface area contributed by atoms with Crippen LogP contribution in [-0.4, -0.2) is 15.9 Å². The third-order valence-corrected chi connectivity index (χ3v) is 1.90. The Morgan fingerprint density at radius 3 is 2.71 bits per heavy atom. The van der Waals surface area contributed by atoms with E-state index in [1.54, 1.807) is 0 Å². The molecule has 8 heteroatoms. The summed E-state index contributed by atoms with van der Waals surface area (Å²) in [4.78, 5) is 3.12. The lowest BCUT2D eigenvalue weighted by molar-refractivity contribution is -0.146. The zero-order valence-electron chi connectivity index (χ0n) is 6.71. The van der Waals surface area contributed by atoms with Crippen LogP contribution >= 0.6 is 11.8 Å². The lowest BCUT2D eigenvalue weighted by Gasteiger charge is -1.95. The highest BCUT2D eigenvalue weighted by molar-refractivity contribution is 7.98. The highest BCUT2D eigenvalue weighted by Crippen LogP contribution is 2.26. The first-order valence-corrected chi connectivity index (χ1v) is 4.54. The van der Waals surface area contributed by atoms with Crippen molar-refractivity contribution in [2.45, 2.75) is 11.9 Å². The smallest absolute Gasteiger partial charge is 0.338 e. The van der Waals surface area contributed by atoms with E-state index in [1.165, 1.54) is 0 Å². The monoisotopic (exact) mass is 223 g/mol. The van der Waals surface area contributed by atoms with Crippen LogP contribution in [0.4, 0.5) is 13.2 Å². The molecule has 1 aromatic rings. The Bertz CT molecular complexity index is 343. The molecule has 0 atom stereocenters. The van der Waals surface area contributed by atoms with E-state index in [1.807, 2.05) is 6.07 Å². The SMILES string of the molecule is N#CCSCc1nc(C(F)(F)F)no1. The quantitative estimate of drug-likeness (QED) is 0.731. The molecule has 0 aliphatic carbocycles. The topological polar surface area (TPSA) is 62.7 Å². The number of hydrogen-bond acceptors (Lipinski definition) is 5. The van der Waals surface area contributed by atoms with Crippen LogP contribution in [0.25, 0.3) is 0 Å². The third-order valence-electron chi connectivity index (χ3n) is 1.11. The van der Waals surface area contributed by atoms with Crippen molar-refractivity contribution in [2.24, 2.45) is 0 Å². The van der Waals surface area contributed by atoms with Crippen LogP contribution in [0.2, 0.25) is 0 Å². The molecule has 0 unspecified atom stereocenters. The van der Waals surface area contributed by atoms with Crippen LogP contribution in [0, 0.1) is 11.3 Å². The fourth-order valence-electron chi connectivity index (χ4n) is 0.613. The van der Waals surface area contributed by atoms with Gasteiger partial charge in [-0.1, -0.05) is 5.16 Å². The van der Waals surface area contributed by atoms with Crippen molar-refractivity contribution in [3.63, 3.8) is 0 Å². The van der Waals surface area contributed by atoms with Gasteiger partial charge in [0, 0.05) is 0 Å². The van der Waals surface area contributed by atoms with E-state index in [9.17, 15) is 13.2 Å². The fraction of sp³-hybridized carbons (Fsp3) is 0.500. The van der Waals surface area contributed by atoms with Crippen LogP contribution in [0.5, 0.6) is 0 Å². The van der Waals surface area contributed by atoms with Crippen LogP contribution < -0.4 is 0 Å². The van der Waals surface area contributed by atoms with E-state index in [4.69, 9.17) is 5.26 Å². The minimum atomic E-state index is -4.58. The number of thioether (sulfide) groups is 1. The Hall–Kier alpha value is -1.23. The first-order valence-electron chi connectivity index (χ1n) is 3.38. The molecular formula is C6H4F3N3OS. The van der Waals surface area contributed by atoms with Crippen LogP contribution in [0.15, 0.2) is 4.52 Å². The Morgan fingerprint density at radius 2 is 2.21 bits per heavy atom. The molecule has 0 saturated heterocycles. The number of hydrogen-bond donors (Lipinski definition) is 0. The van der Waals surface area contributed by atoms with Gasteiger partial charge in [-0.25, -0.2) is 0 Å². The molecule has 0 bridgehead atoms. The van der Waals surface area contributed by atoms with Gasteiger partial charge in [0.25, 0.3) is 5.82 Å². The second kappa shape index (κ2) is 4.32. The highest BCUT2D eigenvalue weighted by atomic mass is 32.2. The summed E-state index contributed by atoms with van der Waals surface area (Å²) in [7, 11) is 0. The zero-order chi connectivity index (χ0) is 10.6. The van der Waals surface area contributed by atoms with Crippen LogP contribution in [0.1, 0.15) is 11.7 Å². The molecular weight excluding hydrogens is 219 g/mol. The highest BCUT2D eigenvalue weighted by Gasteiger charge is 2.37. The Labute approximate surface area is 81.1 Å². The number of nitrogens with zero attached hydrogens (tertiary/aromatic N) is 3. The molecule has 0 aliphatic rings. The van der Waals surface area contributed by atoms with E-state index in [2.05, 4.69) is 14.7 Å². The van der Waals surface area contributed by atoms with Crippen molar-refractivity contribution in [3.8, 4) is 6.07 Å². The van der Waals surface area contributed by atoms with Gasteiger partial charge in [-0.05, 0) is 0 Å². The molecule has 0 aromatic carbocycles. The van der Waals surface area contributed by atoms with Gasteiger partial charge >= 0.3 is 6.18 Å². The van der Waals surface area contributed by atoms with E-state index in [0.717, 1.165) is 11.8 Å². The molecule has 0 radical (unpaired) electrons. The first-order chi connectivity index (χ1) is 6.54. The molecule has 14 heavy (non-hydrogen) atoms. The number of rotatable bonds is 3. The predicted octanol–water partition coefficient (Wildman–Crippen LogP) is 1.85. The van der Waals surface area contributed by atoms with E-state index < -0.39 is 12.0 Å². The average Bonchev–Trinajstić information content (AvgIpc) is 2.52. The van der Waals surface area contributed by atoms with Crippen molar-refractivity contribution in [2.75, 3.05) is 5.75 Å². The molecule has 0 aliphatic heterocycles. The summed E-state index contributed by atoms with van der Waals surface area (Å²) in [6, 6.07) is 1.83. The van der Waals surface area contributed by atoms with Gasteiger partial charge in [0.2, 0.25) is 5.89 Å².